The zero-order valence-corrected chi connectivity index (χ0v) is 23.4. The molecule has 0 spiro atoms. The van der Waals surface area contributed by atoms with E-state index in [2.05, 4.69) is 77.6 Å². The minimum atomic E-state index is -0.179. The molecule has 204 valence electrons. The highest BCUT2D eigenvalue weighted by Crippen LogP contribution is 2.42. The summed E-state index contributed by atoms with van der Waals surface area (Å²) in [5.74, 6) is 0.931. The first-order valence-corrected chi connectivity index (χ1v) is 13.8. The van der Waals surface area contributed by atoms with E-state index in [4.69, 9.17) is 10.5 Å². The molecule has 1 aliphatic heterocycles. The second-order valence-electron chi connectivity index (χ2n) is 10.4. The molecule has 0 unspecified atom stereocenters. The van der Waals surface area contributed by atoms with Gasteiger partial charge in [-0.3, -0.25) is 4.79 Å². The van der Waals surface area contributed by atoms with Gasteiger partial charge in [0.05, 0.1) is 12.5 Å². The highest BCUT2D eigenvalue weighted by Gasteiger charge is 2.44. The highest BCUT2D eigenvalue weighted by atomic mass is 16.5. The molecule has 39 heavy (non-hydrogen) atoms. The second-order valence-corrected chi connectivity index (χ2v) is 10.4. The molecule has 4 rings (SSSR count). The van der Waals surface area contributed by atoms with Gasteiger partial charge in [-0.1, -0.05) is 30.3 Å². The van der Waals surface area contributed by atoms with Gasteiger partial charge in [-0.15, -0.1) is 0 Å². The number of hydrogen-bond donors (Lipinski definition) is 3. The summed E-state index contributed by atoms with van der Waals surface area (Å²) in [7, 11) is 1.69. The van der Waals surface area contributed by atoms with Crippen LogP contribution in [0.15, 0.2) is 78.9 Å². The fraction of sp³-hybridized carbons (Fsp3) is 0.333. The largest absolute Gasteiger partial charge is 0.497 e. The number of nitrogens with zero attached hydrogens (tertiary/aromatic N) is 1. The summed E-state index contributed by atoms with van der Waals surface area (Å²) in [5.41, 5.74) is 12.4. The number of nitrogens with one attached hydrogen (secondary N) is 2. The number of rotatable bonds is 13. The summed E-state index contributed by atoms with van der Waals surface area (Å²) in [5, 5.41) is 6.41. The van der Waals surface area contributed by atoms with Gasteiger partial charge in [0.1, 0.15) is 12.3 Å². The van der Waals surface area contributed by atoms with E-state index in [0.29, 0.717) is 19.5 Å². The molecule has 6 heteroatoms. The van der Waals surface area contributed by atoms with Crippen LogP contribution in [0.4, 0.5) is 17.1 Å². The standard InChI is InChI=1S/C33H40N4O2/c1-33(2)29-24-27(36-26-12-6-4-7-13-26)17-18-30(29)37(22-9-5-8-15-32(38)35-21-20-34)31(33)19-16-25-11-10-14-28(23-25)39-3/h4,6-7,10-14,16-19,23-24,36H,5,8-9,15,20-22,34H2,1-3H3/p+1/b19-16+. The van der Waals surface area contributed by atoms with Gasteiger partial charge in [0, 0.05) is 55.0 Å². The lowest BCUT2D eigenvalue weighted by atomic mass is 9.81. The van der Waals surface area contributed by atoms with Crippen molar-refractivity contribution in [2.24, 2.45) is 5.73 Å². The van der Waals surface area contributed by atoms with Gasteiger partial charge in [-0.05, 0) is 74.7 Å². The molecule has 1 amide bonds. The van der Waals surface area contributed by atoms with Crippen LogP contribution in [0.5, 0.6) is 5.75 Å². The fourth-order valence-electron chi connectivity index (χ4n) is 5.13. The number of fused-ring (bicyclic) bond motifs is 1. The van der Waals surface area contributed by atoms with Crippen molar-refractivity contribution >= 4 is 34.8 Å². The average molecular weight is 526 g/mol. The smallest absolute Gasteiger partial charge is 0.220 e. The van der Waals surface area contributed by atoms with E-state index in [1.54, 1.807) is 7.11 Å². The Labute approximate surface area is 232 Å². The zero-order valence-electron chi connectivity index (χ0n) is 23.4. The number of hydrogen-bond acceptors (Lipinski definition) is 4. The Bertz CT molecular complexity index is 1330. The lowest BCUT2D eigenvalue weighted by molar-refractivity contribution is -0.438. The number of amides is 1. The molecule has 3 aromatic rings. The average Bonchev–Trinajstić information content (AvgIpc) is 3.16. The third-order valence-corrected chi connectivity index (χ3v) is 7.23. The van der Waals surface area contributed by atoms with Crippen molar-refractivity contribution in [3.8, 4) is 5.75 Å². The first kappa shape index (κ1) is 28.1. The summed E-state index contributed by atoms with van der Waals surface area (Å²) in [4.78, 5) is 11.9. The minimum absolute atomic E-state index is 0.0834. The second kappa shape index (κ2) is 13.3. The molecule has 4 N–H and O–H groups in total. The molecule has 0 atom stereocenters. The number of benzene rings is 3. The van der Waals surface area contributed by atoms with Crippen molar-refractivity contribution in [3.63, 3.8) is 0 Å². The predicted octanol–water partition coefficient (Wildman–Crippen LogP) is 6.16. The molecular formula is C33H41N4O2+. The maximum atomic E-state index is 11.9. The maximum absolute atomic E-state index is 11.9. The van der Waals surface area contributed by atoms with Gasteiger partial charge >= 0.3 is 0 Å². The van der Waals surface area contributed by atoms with Crippen LogP contribution in [0.3, 0.4) is 0 Å². The summed E-state index contributed by atoms with van der Waals surface area (Å²) in [6.45, 7) is 6.50. The normalized spacial score (nSPS) is 13.9. The Morgan fingerprint density at radius 2 is 1.77 bits per heavy atom. The van der Waals surface area contributed by atoms with Gasteiger partial charge in [0.15, 0.2) is 5.71 Å². The molecule has 0 bridgehead atoms. The molecule has 0 radical (unpaired) electrons. The lowest BCUT2D eigenvalue weighted by Gasteiger charge is -2.17. The van der Waals surface area contributed by atoms with Crippen LogP contribution in [-0.4, -0.2) is 42.9 Å². The van der Waals surface area contributed by atoms with E-state index >= 15 is 0 Å². The monoisotopic (exact) mass is 525 g/mol. The Morgan fingerprint density at radius 1 is 0.949 bits per heavy atom. The molecule has 0 aliphatic carbocycles. The Balaban J connectivity index is 1.57. The van der Waals surface area contributed by atoms with Crippen LogP contribution in [0.2, 0.25) is 0 Å². The Hall–Kier alpha value is -3.90. The Kier molecular flexibility index (Phi) is 9.55. The molecule has 1 heterocycles. The van der Waals surface area contributed by atoms with Gasteiger partial charge in [0.2, 0.25) is 11.6 Å². The summed E-state index contributed by atoms with van der Waals surface area (Å²) >= 11 is 0. The van der Waals surface area contributed by atoms with E-state index in [0.717, 1.165) is 48.5 Å². The number of carbonyl (C=O) groups excluding carboxylic acids is 1. The first-order chi connectivity index (χ1) is 18.9. The van der Waals surface area contributed by atoms with E-state index in [9.17, 15) is 4.79 Å². The van der Waals surface area contributed by atoms with E-state index in [1.807, 2.05) is 36.4 Å². The van der Waals surface area contributed by atoms with Crippen LogP contribution >= 0.6 is 0 Å². The van der Waals surface area contributed by atoms with Gasteiger partial charge in [-0.25, -0.2) is 0 Å². The highest BCUT2D eigenvalue weighted by molar-refractivity contribution is 6.05. The first-order valence-electron chi connectivity index (χ1n) is 13.8. The number of allylic oxidation sites excluding steroid dienone is 1. The molecule has 1 aliphatic rings. The molecule has 6 nitrogen and oxygen atoms in total. The van der Waals surface area contributed by atoms with Crippen LogP contribution in [0.1, 0.15) is 50.7 Å². The van der Waals surface area contributed by atoms with Crippen molar-refractivity contribution in [3.05, 3.63) is 90.0 Å². The van der Waals surface area contributed by atoms with Gasteiger partial charge < -0.3 is 21.1 Å². The number of carbonyl (C=O) groups is 1. The van der Waals surface area contributed by atoms with E-state index in [-0.39, 0.29) is 11.3 Å². The number of para-hydroxylation sites is 1. The summed E-state index contributed by atoms with van der Waals surface area (Å²) in [6.07, 6.45) is 7.82. The number of nitrogens with two attached hydrogens (primary N) is 1. The minimum Gasteiger partial charge on any atom is -0.497 e. The van der Waals surface area contributed by atoms with Crippen molar-refractivity contribution in [1.82, 2.24) is 5.32 Å². The van der Waals surface area contributed by atoms with E-state index in [1.165, 1.54) is 17.0 Å². The summed E-state index contributed by atoms with van der Waals surface area (Å²) in [6, 6.07) is 25.1. The third kappa shape index (κ3) is 7.15. The quantitative estimate of drug-likeness (QED) is 0.184. The topological polar surface area (TPSA) is 79.4 Å². The lowest BCUT2D eigenvalue weighted by Crippen LogP contribution is -2.28. The predicted molar refractivity (Wildman–Crippen MR) is 162 cm³/mol. The summed E-state index contributed by atoms with van der Waals surface area (Å²) < 4.78 is 7.87. The molecule has 0 aromatic heterocycles. The van der Waals surface area contributed by atoms with Gasteiger partial charge in [0.25, 0.3) is 0 Å². The van der Waals surface area contributed by atoms with Crippen molar-refractivity contribution in [2.75, 3.05) is 32.1 Å². The van der Waals surface area contributed by atoms with Crippen LogP contribution in [-0.2, 0) is 10.2 Å². The molecule has 0 saturated heterocycles. The van der Waals surface area contributed by atoms with Crippen LogP contribution in [0, 0.1) is 0 Å². The number of anilines is 2. The van der Waals surface area contributed by atoms with Crippen molar-refractivity contribution in [2.45, 2.75) is 44.9 Å². The maximum Gasteiger partial charge on any atom is 0.220 e. The van der Waals surface area contributed by atoms with Gasteiger partial charge in [-0.2, -0.15) is 4.58 Å². The number of ether oxygens (including phenoxy) is 1. The van der Waals surface area contributed by atoms with E-state index < -0.39 is 0 Å². The molecule has 0 fully saturated rings. The number of methoxy groups -OCH3 is 1. The molecule has 0 saturated carbocycles. The third-order valence-electron chi connectivity index (χ3n) is 7.23. The zero-order chi connectivity index (χ0) is 27.7. The van der Waals surface area contributed by atoms with Crippen LogP contribution in [0.25, 0.3) is 6.08 Å². The Morgan fingerprint density at radius 3 is 2.54 bits per heavy atom. The number of unbranched alkanes of at least 4 members (excludes halogenated alkanes) is 2. The molecular weight excluding hydrogens is 484 g/mol. The van der Waals surface area contributed by atoms with Crippen molar-refractivity contribution in [1.29, 1.82) is 0 Å². The fourth-order valence-corrected chi connectivity index (χ4v) is 5.13. The SMILES string of the molecule is COc1cccc(/C=C/C2=[N+](CCCCCC(=O)NCCN)c3ccc(Nc4ccccc4)cc3C2(C)C)c1. The van der Waals surface area contributed by atoms with Crippen molar-refractivity contribution < 1.29 is 14.1 Å². The molecule has 3 aromatic carbocycles. The van der Waals surface area contributed by atoms with Crippen LogP contribution < -0.4 is 21.1 Å².